The van der Waals surface area contributed by atoms with Crippen molar-refractivity contribution < 1.29 is 23.5 Å². The van der Waals surface area contributed by atoms with E-state index in [1.165, 1.54) is 18.2 Å². The molecule has 0 radical (unpaired) electrons. The van der Waals surface area contributed by atoms with Crippen LogP contribution in [0.3, 0.4) is 0 Å². The van der Waals surface area contributed by atoms with E-state index in [4.69, 9.17) is 19.2 Å². The molecule has 3 heterocycles. The average molecular weight is 499 g/mol. The summed E-state index contributed by atoms with van der Waals surface area (Å²) in [5.74, 6) is -0.974. The van der Waals surface area contributed by atoms with Gasteiger partial charge in [-0.25, -0.2) is 9.59 Å². The van der Waals surface area contributed by atoms with Crippen LogP contribution in [0.1, 0.15) is 59.9 Å². The maximum Gasteiger partial charge on any atom is 0.351 e. The normalized spacial score (nSPS) is 24.4. The Hall–Kier alpha value is -4.25. The Labute approximate surface area is 213 Å². The summed E-state index contributed by atoms with van der Waals surface area (Å²) in [7, 11) is 0. The minimum absolute atomic E-state index is 0.0765. The first-order valence-corrected chi connectivity index (χ1v) is 12.2. The summed E-state index contributed by atoms with van der Waals surface area (Å²) in [6.07, 6.45) is 3.42. The fourth-order valence-electron chi connectivity index (χ4n) is 5.29. The van der Waals surface area contributed by atoms with Crippen LogP contribution in [-0.2, 0) is 4.74 Å². The summed E-state index contributed by atoms with van der Waals surface area (Å²) < 4.78 is 17.9. The van der Waals surface area contributed by atoms with E-state index in [-0.39, 0.29) is 34.7 Å². The molecule has 2 aliphatic rings. The van der Waals surface area contributed by atoms with Crippen molar-refractivity contribution in [2.45, 2.75) is 45.3 Å². The van der Waals surface area contributed by atoms with Gasteiger partial charge >= 0.3 is 11.6 Å². The topological polar surface area (TPSA) is 119 Å². The van der Waals surface area contributed by atoms with Crippen molar-refractivity contribution in [1.82, 2.24) is 4.98 Å². The third kappa shape index (κ3) is 4.31. The van der Waals surface area contributed by atoms with Gasteiger partial charge in [0.15, 0.2) is 11.4 Å². The van der Waals surface area contributed by atoms with Gasteiger partial charge in [0.2, 0.25) is 0 Å². The van der Waals surface area contributed by atoms with Crippen molar-refractivity contribution in [3.05, 3.63) is 82.0 Å². The van der Waals surface area contributed by atoms with Crippen molar-refractivity contribution in [3.63, 3.8) is 0 Å². The lowest BCUT2D eigenvalue weighted by Crippen LogP contribution is -2.62. The summed E-state index contributed by atoms with van der Waals surface area (Å²) in [6, 6.07) is 13.2. The van der Waals surface area contributed by atoms with Gasteiger partial charge in [0.05, 0.1) is 23.1 Å². The number of ketones is 1. The highest BCUT2D eigenvalue weighted by Crippen LogP contribution is 2.49. The maximum absolute atomic E-state index is 13.7. The van der Waals surface area contributed by atoms with E-state index in [1.807, 2.05) is 6.07 Å². The maximum atomic E-state index is 13.7. The van der Waals surface area contributed by atoms with Crippen molar-refractivity contribution >= 4 is 11.8 Å². The van der Waals surface area contributed by atoms with E-state index in [9.17, 15) is 14.4 Å². The zero-order valence-corrected chi connectivity index (χ0v) is 20.8. The predicted molar refractivity (Wildman–Crippen MR) is 133 cm³/mol. The van der Waals surface area contributed by atoms with Gasteiger partial charge in [-0.05, 0) is 68.0 Å². The Bertz CT molecular complexity index is 1450. The van der Waals surface area contributed by atoms with Crippen LogP contribution in [0.5, 0.6) is 5.75 Å². The third-order valence-electron chi connectivity index (χ3n) is 7.58. The lowest BCUT2D eigenvalue weighted by atomic mass is 9.64. The molecule has 3 aromatic rings. The second-order valence-electron chi connectivity index (χ2n) is 10.1. The number of hydrogen-bond donors (Lipinski definition) is 0. The minimum atomic E-state index is -1.18. The summed E-state index contributed by atoms with van der Waals surface area (Å²) >= 11 is 0. The van der Waals surface area contributed by atoms with Crippen molar-refractivity contribution in [2.24, 2.45) is 17.8 Å². The number of nitrogens with zero attached hydrogens (tertiary/aromatic N) is 2. The highest BCUT2D eigenvalue weighted by molar-refractivity contribution is 6.02. The van der Waals surface area contributed by atoms with Crippen molar-refractivity contribution in [2.75, 3.05) is 0 Å². The number of pyridine rings is 1. The summed E-state index contributed by atoms with van der Waals surface area (Å²) in [5, 5.41) is 9.04. The lowest BCUT2D eigenvalue weighted by Gasteiger charge is -2.50. The fourth-order valence-corrected chi connectivity index (χ4v) is 5.29. The molecule has 0 amide bonds. The van der Waals surface area contributed by atoms with Gasteiger partial charge in [-0.3, -0.25) is 9.78 Å². The molecular weight excluding hydrogens is 472 g/mol. The van der Waals surface area contributed by atoms with Crippen molar-refractivity contribution in [1.29, 1.82) is 5.26 Å². The molecular formula is C29H26N2O6. The second kappa shape index (κ2) is 9.32. The van der Waals surface area contributed by atoms with Gasteiger partial charge in [-0.2, -0.15) is 5.26 Å². The summed E-state index contributed by atoms with van der Waals surface area (Å²) in [6.45, 7) is 5.89. The Balaban J connectivity index is 1.54. The molecule has 0 N–H and O–H groups in total. The molecule has 1 aromatic carbocycles. The van der Waals surface area contributed by atoms with Gasteiger partial charge in [0.25, 0.3) is 0 Å². The molecule has 8 heteroatoms. The SMILES string of the molecule is CC(C)[C@@H]1C[C@H](OC(=O)c2ccc(C#N)cc2)[C@@]2(C)Oc3cc(-c4cccnc4)oc(=O)c3C(=O)[C@@H]2C1. The van der Waals surface area contributed by atoms with E-state index < -0.39 is 29.2 Å². The number of benzene rings is 1. The predicted octanol–water partition coefficient (Wildman–Crippen LogP) is 4.82. The summed E-state index contributed by atoms with van der Waals surface area (Å²) in [4.78, 5) is 43.9. The van der Waals surface area contributed by atoms with Crippen LogP contribution in [0.2, 0.25) is 0 Å². The van der Waals surface area contributed by atoms with Crippen LogP contribution < -0.4 is 10.4 Å². The first-order valence-electron chi connectivity index (χ1n) is 12.2. The number of Topliss-reactive ketones (excluding diaryl/α,β-unsaturated/α-hetero) is 1. The quantitative estimate of drug-likeness (QED) is 0.470. The molecule has 2 aromatic heterocycles. The van der Waals surface area contributed by atoms with Crippen LogP contribution in [-0.4, -0.2) is 28.4 Å². The monoisotopic (exact) mass is 498 g/mol. The standard InChI is InChI=1S/C29H26N2O6/c1-16(2)20-11-21-26(32)25-23(13-22(35-28(25)34)19-5-4-10-31-15-19)37-29(21,3)24(12-20)36-27(33)18-8-6-17(14-30)7-9-18/h4-10,13,15-16,20-21,24H,11-12H2,1-3H3/t20-,21-,24-,29-/m0/s1. The largest absolute Gasteiger partial charge is 0.482 e. The van der Waals surface area contributed by atoms with Crippen LogP contribution >= 0.6 is 0 Å². The number of nitriles is 1. The molecule has 0 saturated heterocycles. The second-order valence-corrected chi connectivity index (χ2v) is 10.1. The molecule has 0 spiro atoms. The zero-order valence-electron chi connectivity index (χ0n) is 20.8. The number of fused-ring (bicyclic) bond motifs is 2. The molecule has 0 unspecified atom stereocenters. The number of aromatic nitrogens is 1. The van der Waals surface area contributed by atoms with E-state index in [0.29, 0.717) is 29.5 Å². The minimum Gasteiger partial charge on any atom is -0.482 e. The number of ether oxygens (including phenoxy) is 2. The van der Waals surface area contributed by atoms with Gasteiger partial charge < -0.3 is 13.9 Å². The number of rotatable bonds is 4. The third-order valence-corrected chi connectivity index (χ3v) is 7.58. The molecule has 1 aliphatic heterocycles. The lowest BCUT2D eigenvalue weighted by molar-refractivity contribution is -0.123. The van der Waals surface area contributed by atoms with Crippen LogP contribution in [0.25, 0.3) is 11.3 Å². The molecule has 0 bridgehead atoms. The number of esters is 1. The fraction of sp³-hybridized carbons (Fsp3) is 0.345. The van der Waals surface area contributed by atoms with Gasteiger partial charge in [-0.1, -0.05) is 13.8 Å². The van der Waals surface area contributed by atoms with Crippen molar-refractivity contribution in [3.8, 4) is 23.1 Å². The highest BCUT2D eigenvalue weighted by atomic mass is 16.6. The molecule has 37 heavy (non-hydrogen) atoms. The van der Waals surface area contributed by atoms with Crippen LogP contribution in [0.4, 0.5) is 0 Å². The molecule has 188 valence electrons. The van der Waals surface area contributed by atoms with Gasteiger partial charge in [-0.15, -0.1) is 0 Å². The Kier molecular flexibility index (Phi) is 6.16. The van der Waals surface area contributed by atoms with E-state index in [2.05, 4.69) is 18.8 Å². The van der Waals surface area contributed by atoms with Crippen LogP contribution in [0, 0.1) is 29.1 Å². The number of hydrogen-bond acceptors (Lipinski definition) is 8. The molecule has 5 rings (SSSR count). The first-order chi connectivity index (χ1) is 17.7. The molecule has 1 aliphatic carbocycles. The van der Waals surface area contributed by atoms with Crippen LogP contribution in [0.15, 0.2) is 64.1 Å². The first kappa shape index (κ1) is 24.4. The Morgan fingerprint density at radius 2 is 1.95 bits per heavy atom. The molecule has 8 nitrogen and oxygen atoms in total. The summed E-state index contributed by atoms with van der Waals surface area (Å²) in [5.41, 5.74) is -0.761. The van der Waals surface area contributed by atoms with Gasteiger partial charge in [0, 0.05) is 24.0 Å². The highest BCUT2D eigenvalue weighted by Gasteiger charge is 2.58. The van der Waals surface area contributed by atoms with E-state index >= 15 is 0 Å². The number of carbonyl (C=O) groups excluding carboxylic acids is 2. The van der Waals surface area contributed by atoms with E-state index in [0.717, 1.165) is 0 Å². The Morgan fingerprint density at radius 3 is 2.59 bits per heavy atom. The molecule has 1 fully saturated rings. The van der Waals surface area contributed by atoms with Gasteiger partial charge in [0.1, 0.15) is 23.2 Å². The Morgan fingerprint density at radius 1 is 1.19 bits per heavy atom. The molecule has 1 saturated carbocycles. The smallest absolute Gasteiger partial charge is 0.351 e. The zero-order chi connectivity index (χ0) is 26.3. The number of carbonyl (C=O) groups is 2. The molecule has 4 atom stereocenters. The average Bonchev–Trinajstić information content (AvgIpc) is 2.89. The van der Waals surface area contributed by atoms with E-state index in [1.54, 1.807) is 43.6 Å².